The highest BCUT2D eigenvalue weighted by Crippen LogP contribution is 2.28. The van der Waals surface area contributed by atoms with E-state index < -0.39 is 41.8 Å². The molecule has 3 N–H and O–H groups in total. The molecule has 0 aliphatic carbocycles. The molecular weight excluding hydrogens is 879 g/mol. The average Bonchev–Trinajstić information content (AvgIpc) is 3.76. The maximum absolute atomic E-state index is 13.2. The number of carbonyl (C=O) groups is 1. The average molecular weight is 950 g/mol. The minimum Gasteiger partial charge on any atom is -0.858 e. The van der Waals surface area contributed by atoms with Crippen LogP contribution in [0.1, 0.15) is 86.1 Å². The summed E-state index contributed by atoms with van der Waals surface area (Å²) in [6.07, 6.45) is 6.57. The molecule has 0 bridgehead atoms. The molecule has 0 saturated carbocycles. The van der Waals surface area contributed by atoms with Crippen LogP contribution in [0.3, 0.4) is 0 Å². The van der Waals surface area contributed by atoms with E-state index in [0.29, 0.717) is 17.0 Å². The number of hydrogen-bond acceptors (Lipinski definition) is 10. The van der Waals surface area contributed by atoms with Gasteiger partial charge in [-0.25, -0.2) is 21.5 Å². The second-order valence-electron chi connectivity index (χ2n) is 15.2. The fourth-order valence-electron chi connectivity index (χ4n) is 6.75. The highest BCUT2D eigenvalue weighted by atomic mass is 32.2. The van der Waals surface area contributed by atoms with Crippen LogP contribution in [-0.4, -0.2) is 106 Å². The molecule has 66 heavy (non-hydrogen) atoms. The predicted octanol–water partition coefficient (Wildman–Crippen LogP) is 3.30. The van der Waals surface area contributed by atoms with Gasteiger partial charge in [-0.15, -0.1) is 0 Å². The van der Waals surface area contributed by atoms with Crippen molar-refractivity contribution in [1.29, 1.82) is 0 Å². The van der Waals surface area contributed by atoms with Crippen molar-refractivity contribution >= 4 is 49.2 Å². The number of aromatic nitrogens is 2. The second-order valence-corrected chi connectivity index (χ2v) is 18.0. The summed E-state index contributed by atoms with van der Waals surface area (Å²) in [6, 6.07) is 18.9. The van der Waals surface area contributed by atoms with Gasteiger partial charge >= 0.3 is 0 Å². The summed E-state index contributed by atoms with van der Waals surface area (Å²) in [5.41, 5.74) is 3.34. The van der Waals surface area contributed by atoms with Crippen molar-refractivity contribution < 1.29 is 50.5 Å². The Morgan fingerprint density at radius 1 is 0.621 bits per heavy atom. The van der Waals surface area contributed by atoms with E-state index >= 15 is 0 Å². The zero-order chi connectivity index (χ0) is 49.6. The van der Waals surface area contributed by atoms with Gasteiger partial charge in [-0.1, -0.05) is 48.6 Å². The minimum atomic E-state index is -4.64. The van der Waals surface area contributed by atoms with E-state index in [1.807, 2.05) is 30.3 Å². The van der Waals surface area contributed by atoms with E-state index in [4.69, 9.17) is 0 Å². The lowest BCUT2D eigenvalue weighted by atomic mass is 10.0. The quantitative estimate of drug-likeness (QED) is 0.0808. The van der Waals surface area contributed by atoms with Crippen LogP contribution in [0.5, 0.6) is 5.88 Å². The second kappa shape index (κ2) is 28.0. The van der Waals surface area contributed by atoms with Crippen molar-refractivity contribution in [3.05, 3.63) is 119 Å². The summed E-state index contributed by atoms with van der Waals surface area (Å²) in [6.45, 7) is 34.7. The Bertz CT molecular complexity index is 2410. The van der Waals surface area contributed by atoms with Gasteiger partial charge in [0.1, 0.15) is 20.2 Å². The number of hydrogen-bond donors (Lipinski definition) is 3. The largest absolute Gasteiger partial charge is 0.858 e. The van der Waals surface area contributed by atoms with E-state index in [0.717, 1.165) is 39.5 Å². The molecule has 0 atom stereocenters. The van der Waals surface area contributed by atoms with Gasteiger partial charge in [-0.05, 0) is 148 Å². The molecule has 0 saturated heterocycles. The highest BCUT2D eigenvalue weighted by molar-refractivity contribution is 7.86. The number of quaternary nitrogens is 3. The Hall–Kier alpha value is -5.27. The number of hydrazone groups is 1. The lowest BCUT2D eigenvalue weighted by Gasteiger charge is -2.13. The number of nitrogens with one attached hydrogen (secondary N) is 3. The fraction of sp³-hybridized carbons (Fsp3) is 0.408. The number of carbonyl (C=O) groups excluding carboxylic acids is 1. The minimum absolute atomic E-state index is 0.273. The van der Waals surface area contributed by atoms with Crippen molar-refractivity contribution in [2.45, 2.75) is 86.0 Å². The fourth-order valence-corrected chi connectivity index (χ4v) is 7.69. The summed E-state index contributed by atoms with van der Waals surface area (Å²) in [5.74, 6) is -0.930. The molecule has 2 heterocycles. The molecule has 0 spiro atoms. The van der Waals surface area contributed by atoms with Crippen molar-refractivity contribution in [1.82, 2.24) is 9.78 Å². The number of aryl methyl sites for hydroxylation is 1. The molecule has 1 aromatic heterocycles. The Kier molecular flexibility index (Phi) is 24.1. The van der Waals surface area contributed by atoms with Crippen LogP contribution in [0.15, 0.2) is 118 Å². The molecule has 362 valence electrons. The Labute approximate surface area is 393 Å². The molecule has 3 aromatic carbocycles. The third-order valence-corrected chi connectivity index (χ3v) is 13.0. The summed E-state index contributed by atoms with van der Waals surface area (Å²) in [5, 5.41) is 22.9. The first-order valence-electron chi connectivity index (χ1n) is 22.7. The summed E-state index contributed by atoms with van der Waals surface area (Å²) in [7, 11) is -9.29. The van der Waals surface area contributed by atoms with Gasteiger partial charge in [0.2, 0.25) is 0 Å². The first-order chi connectivity index (χ1) is 31.3. The number of allylic oxidation sites excluding steroid dienone is 4. The number of amides is 1. The van der Waals surface area contributed by atoms with Gasteiger partial charge in [-0.2, -0.15) is 15.2 Å². The maximum Gasteiger partial charge on any atom is 0.280 e. The number of rotatable bonds is 17. The van der Waals surface area contributed by atoms with Crippen molar-refractivity contribution in [2.24, 2.45) is 5.10 Å². The van der Waals surface area contributed by atoms with Crippen LogP contribution in [0.25, 0.3) is 17.3 Å². The molecule has 0 unspecified atom stereocenters. The van der Waals surface area contributed by atoms with E-state index in [1.165, 1.54) is 83.2 Å². The molecule has 5 rings (SSSR count). The van der Waals surface area contributed by atoms with Crippen LogP contribution < -0.4 is 24.8 Å². The molecule has 0 radical (unpaired) electrons. The van der Waals surface area contributed by atoms with Gasteiger partial charge < -0.3 is 28.9 Å². The van der Waals surface area contributed by atoms with Gasteiger partial charge in [0, 0.05) is 5.56 Å². The molecule has 0 fully saturated rings. The molecule has 15 nitrogen and oxygen atoms in total. The third kappa shape index (κ3) is 17.2. The molecule has 1 aliphatic rings. The van der Waals surface area contributed by atoms with Crippen molar-refractivity contribution in [2.75, 3.05) is 63.9 Å². The first-order valence-corrected chi connectivity index (χ1v) is 25.5. The van der Waals surface area contributed by atoms with Crippen molar-refractivity contribution in [3.8, 4) is 11.6 Å². The topological polar surface area (TPSA) is 201 Å². The number of nitrogens with zero attached hydrogens (tertiary/aromatic N) is 4. The van der Waals surface area contributed by atoms with Gasteiger partial charge in [-0.3, -0.25) is 4.79 Å². The summed E-state index contributed by atoms with van der Waals surface area (Å²) in [4.78, 5) is 17.4. The van der Waals surface area contributed by atoms with Crippen LogP contribution in [0.2, 0.25) is 0 Å². The van der Waals surface area contributed by atoms with Gasteiger partial charge in [0.15, 0.2) is 0 Å². The Morgan fingerprint density at radius 3 is 1.41 bits per heavy atom. The van der Waals surface area contributed by atoms with E-state index in [9.17, 15) is 35.8 Å². The maximum atomic E-state index is 13.2. The summed E-state index contributed by atoms with van der Waals surface area (Å²) >= 11 is 0. The van der Waals surface area contributed by atoms with Crippen LogP contribution in [-0.2, 0) is 25.0 Å². The van der Waals surface area contributed by atoms with E-state index in [1.54, 1.807) is 52.9 Å². The smallest absolute Gasteiger partial charge is 0.280 e. The van der Waals surface area contributed by atoms with E-state index in [-0.39, 0.29) is 22.5 Å². The van der Waals surface area contributed by atoms with Gasteiger partial charge in [0.05, 0.1) is 97.0 Å². The number of benzene rings is 3. The Balaban J connectivity index is 0.000000589. The zero-order valence-electron chi connectivity index (χ0n) is 40.6. The molecular formula is C49H71N7O8S2. The van der Waals surface area contributed by atoms with Crippen LogP contribution in [0.4, 0.5) is 5.69 Å². The number of anilines is 1. The van der Waals surface area contributed by atoms with Crippen LogP contribution in [0, 0.1) is 6.92 Å². The van der Waals surface area contributed by atoms with Crippen LogP contribution >= 0.6 is 0 Å². The lowest BCUT2D eigenvalue weighted by Crippen LogP contribution is -3.11. The first kappa shape index (κ1) is 56.9. The normalized spacial score (nSPS) is 13.7. The van der Waals surface area contributed by atoms with E-state index in [2.05, 4.69) is 72.5 Å². The standard InChI is InChI=1S/C31H26N4O8S2.3C6H15N/c1-20-28(30(36)34(32-20)24-10-14-26(15-11-24)44(38,39)40)18-8-23(22-6-4-3-5-7-22)9-19-29-21(2)33-35(31(29)37)25-12-16-27(17-13-25)45(41,42)43;3*1-4-7(5-2)6-3/h3-19,36H,1-2H3,(H,38,39,40)(H,41,42,43);3*4-6H2,1-3H3. The molecule has 1 aliphatic heterocycles. The third-order valence-electron chi connectivity index (χ3n) is 11.3. The molecule has 1 amide bonds. The monoisotopic (exact) mass is 949 g/mol. The summed E-state index contributed by atoms with van der Waals surface area (Å²) < 4.78 is 68.6. The molecule has 17 heteroatoms. The van der Waals surface area contributed by atoms with Gasteiger partial charge in [0.25, 0.3) is 5.91 Å². The molecule has 4 aromatic rings. The highest BCUT2D eigenvalue weighted by Gasteiger charge is 2.28. The van der Waals surface area contributed by atoms with Crippen molar-refractivity contribution in [3.63, 3.8) is 0 Å². The SMILES string of the molecule is CC1=NN(c2ccc(S(=O)(=O)[O-])cc2)C(=O)C1=CC=C(C=Cc1c(C)nn(-c2ccc(S(=O)(=O)[O-])cc2)c1[O-])c1ccccc1.CC[NH+](CC)CC.CC[NH+](CC)CC.CC[NH+](CC)CC. The zero-order valence-corrected chi connectivity index (χ0v) is 42.2. The predicted molar refractivity (Wildman–Crippen MR) is 260 cm³/mol. The lowest BCUT2D eigenvalue weighted by molar-refractivity contribution is -0.894. The Morgan fingerprint density at radius 2 is 1.03 bits per heavy atom.